The fraction of sp³-hybridized carbons (Fsp3) is 0.176. The smallest absolute Gasteiger partial charge is 0.352 e. The van der Waals surface area contributed by atoms with Gasteiger partial charge < -0.3 is 4.43 Å². The van der Waals surface area contributed by atoms with Gasteiger partial charge in [0.15, 0.2) is 0 Å². The van der Waals surface area contributed by atoms with E-state index in [2.05, 4.69) is 62.0 Å². The summed E-state index contributed by atoms with van der Waals surface area (Å²) in [6, 6.07) is 20.9. The molecule has 0 saturated heterocycles. The van der Waals surface area contributed by atoms with Crippen LogP contribution in [-0.2, 0) is 4.43 Å². The molecule has 1 nitrogen and oxygen atoms in total. The molecule has 0 unspecified atom stereocenters. The molecule has 2 rings (SSSR count). The lowest BCUT2D eigenvalue weighted by atomic mass is 10.3. The Hall–Kier alpha value is -1.80. The summed E-state index contributed by atoms with van der Waals surface area (Å²) in [4.78, 5) is 0. The number of rotatable bonds is 6. The highest BCUT2D eigenvalue weighted by Gasteiger charge is 2.21. The van der Waals surface area contributed by atoms with E-state index in [4.69, 9.17) is 4.43 Å². The van der Waals surface area contributed by atoms with Gasteiger partial charge in [0, 0.05) is 6.42 Å². The summed E-state index contributed by atoms with van der Waals surface area (Å²) in [5, 5.41) is 2.52. The maximum atomic E-state index is 6.17. The molecular weight excluding hydrogens is 248 g/mol. The average Bonchev–Trinajstić information content (AvgIpc) is 2.47. The van der Waals surface area contributed by atoms with Crippen molar-refractivity contribution < 1.29 is 4.43 Å². The molecule has 0 saturated carbocycles. The van der Waals surface area contributed by atoms with Gasteiger partial charge in [-0.1, -0.05) is 74.2 Å². The summed E-state index contributed by atoms with van der Waals surface area (Å²) in [6.07, 6.45) is 1.99. The first-order valence-electron chi connectivity index (χ1n) is 6.64. The second kappa shape index (κ2) is 6.95. The molecule has 0 fully saturated rings. The zero-order valence-corrected chi connectivity index (χ0v) is 12.3. The topological polar surface area (TPSA) is 9.23 Å². The molecule has 0 aliphatic carbocycles. The van der Waals surface area contributed by atoms with Crippen LogP contribution in [0.3, 0.4) is 0 Å². The Labute approximate surface area is 117 Å². The van der Waals surface area contributed by atoms with E-state index in [1.54, 1.807) is 0 Å². The Morgan fingerprint density at radius 1 is 0.947 bits per heavy atom. The summed E-state index contributed by atoms with van der Waals surface area (Å²) >= 11 is 0. The molecule has 0 aromatic heterocycles. The van der Waals surface area contributed by atoms with E-state index >= 15 is 0 Å². The Morgan fingerprint density at radius 2 is 1.42 bits per heavy atom. The van der Waals surface area contributed by atoms with Crippen LogP contribution in [0.15, 0.2) is 73.0 Å². The molecule has 0 heterocycles. The molecule has 2 aromatic rings. The van der Waals surface area contributed by atoms with E-state index in [-0.39, 0.29) is 0 Å². The second-order valence-electron chi connectivity index (χ2n) is 4.45. The van der Waals surface area contributed by atoms with Crippen molar-refractivity contribution in [3.8, 4) is 0 Å². The van der Waals surface area contributed by atoms with Gasteiger partial charge in [0.2, 0.25) is 0 Å². The molecule has 0 atom stereocenters. The number of benzene rings is 2. The third kappa shape index (κ3) is 3.83. The van der Waals surface area contributed by atoms with Gasteiger partial charge in [0.1, 0.15) is 0 Å². The second-order valence-corrected chi connectivity index (χ2v) is 6.47. The summed E-state index contributed by atoms with van der Waals surface area (Å²) in [5.41, 5.74) is 0. The lowest BCUT2D eigenvalue weighted by Gasteiger charge is -2.18. The molecule has 0 N–H and O–H groups in total. The minimum Gasteiger partial charge on any atom is -0.536 e. The average molecular weight is 267 g/mol. The molecule has 0 aliphatic heterocycles. The van der Waals surface area contributed by atoms with Crippen LogP contribution in [0.2, 0.25) is 0 Å². The molecular formula is C17H19OSi. The largest absolute Gasteiger partial charge is 0.536 e. The maximum absolute atomic E-state index is 6.17. The van der Waals surface area contributed by atoms with Crippen LogP contribution in [0.25, 0.3) is 0 Å². The summed E-state index contributed by atoms with van der Waals surface area (Å²) in [6.45, 7) is 6.18. The molecule has 2 heteroatoms. The molecule has 1 radical (unpaired) electrons. The number of hydrogen-bond donors (Lipinski definition) is 0. The van der Waals surface area contributed by atoms with Crippen LogP contribution >= 0.6 is 0 Å². The zero-order chi connectivity index (χ0) is 13.5. The van der Waals surface area contributed by atoms with Crippen LogP contribution in [0.4, 0.5) is 0 Å². The van der Waals surface area contributed by atoms with E-state index in [1.165, 1.54) is 10.4 Å². The van der Waals surface area contributed by atoms with Crippen LogP contribution in [0, 0.1) is 0 Å². The van der Waals surface area contributed by atoms with Gasteiger partial charge in [-0.15, -0.1) is 0 Å². The molecule has 0 aliphatic rings. The normalized spacial score (nSPS) is 10.4. The molecule has 97 valence electrons. The first-order valence-corrected chi connectivity index (χ1v) is 8.05. The van der Waals surface area contributed by atoms with E-state index in [0.29, 0.717) is 0 Å². The Balaban J connectivity index is 2.26. The van der Waals surface area contributed by atoms with Gasteiger partial charge >= 0.3 is 9.04 Å². The van der Waals surface area contributed by atoms with E-state index in [9.17, 15) is 0 Å². The van der Waals surface area contributed by atoms with Gasteiger partial charge in [0.25, 0.3) is 0 Å². The first kappa shape index (κ1) is 13.6. The van der Waals surface area contributed by atoms with Gasteiger partial charge in [0.05, 0.1) is 5.76 Å². The van der Waals surface area contributed by atoms with Gasteiger partial charge in [-0.3, -0.25) is 0 Å². The summed E-state index contributed by atoms with van der Waals surface area (Å²) in [7, 11) is -1.22. The van der Waals surface area contributed by atoms with Crippen LogP contribution in [0.5, 0.6) is 0 Å². The Kier molecular flexibility index (Phi) is 4.98. The van der Waals surface area contributed by atoms with Crippen LogP contribution in [0.1, 0.15) is 19.8 Å². The lowest BCUT2D eigenvalue weighted by molar-refractivity contribution is 0.425. The third-order valence-electron chi connectivity index (χ3n) is 2.85. The minimum atomic E-state index is -1.22. The van der Waals surface area contributed by atoms with Crippen molar-refractivity contribution in [2.45, 2.75) is 19.8 Å². The van der Waals surface area contributed by atoms with Gasteiger partial charge in [-0.05, 0) is 16.8 Å². The maximum Gasteiger partial charge on any atom is 0.352 e. The van der Waals surface area contributed by atoms with Crippen LogP contribution in [-0.4, -0.2) is 9.04 Å². The van der Waals surface area contributed by atoms with Gasteiger partial charge in [-0.2, -0.15) is 0 Å². The quantitative estimate of drug-likeness (QED) is 0.577. The molecule has 0 amide bonds. The van der Waals surface area contributed by atoms with Crippen molar-refractivity contribution in [2.75, 3.05) is 0 Å². The van der Waals surface area contributed by atoms with E-state index < -0.39 is 9.04 Å². The fourth-order valence-electron chi connectivity index (χ4n) is 1.94. The van der Waals surface area contributed by atoms with E-state index in [0.717, 1.165) is 18.6 Å². The molecule has 0 bridgehead atoms. The van der Waals surface area contributed by atoms with Gasteiger partial charge in [-0.25, -0.2) is 0 Å². The fourth-order valence-corrected chi connectivity index (χ4v) is 3.89. The molecule has 2 aromatic carbocycles. The van der Waals surface area contributed by atoms with Crippen molar-refractivity contribution in [1.29, 1.82) is 0 Å². The standard InChI is InChI=1S/C17H19OSi/c1-3-10-15(2)18-19(16-11-6-4-7-12-16)17-13-8-5-9-14-17/h4-9,11-14H,2-3,10H2,1H3. The highest BCUT2D eigenvalue weighted by molar-refractivity contribution is 6.80. The molecule has 19 heavy (non-hydrogen) atoms. The Morgan fingerprint density at radius 3 is 1.84 bits per heavy atom. The number of hydrogen-bond acceptors (Lipinski definition) is 1. The SMILES string of the molecule is C=C(CCC)O[Si](c1ccccc1)c1ccccc1. The lowest BCUT2D eigenvalue weighted by Crippen LogP contribution is -2.44. The van der Waals surface area contributed by atoms with E-state index in [1.807, 2.05) is 12.1 Å². The van der Waals surface area contributed by atoms with Crippen molar-refractivity contribution in [3.63, 3.8) is 0 Å². The minimum absolute atomic E-state index is 0.893. The summed E-state index contributed by atoms with van der Waals surface area (Å²) < 4.78 is 6.17. The van der Waals surface area contributed by atoms with Crippen molar-refractivity contribution in [1.82, 2.24) is 0 Å². The predicted octanol–water partition coefficient (Wildman–Crippen LogP) is 3.12. The third-order valence-corrected chi connectivity index (χ3v) is 5.06. The van der Waals surface area contributed by atoms with Crippen molar-refractivity contribution in [3.05, 3.63) is 73.0 Å². The number of allylic oxidation sites excluding steroid dienone is 1. The molecule has 0 spiro atoms. The first-order chi connectivity index (χ1) is 9.31. The highest BCUT2D eigenvalue weighted by Crippen LogP contribution is 2.06. The zero-order valence-electron chi connectivity index (χ0n) is 11.3. The van der Waals surface area contributed by atoms with Crippen molar-refractivity contribution in [2.24, 2.45) is 0 Å². The monoisotopic (exact) mass is 267 g/mol. The van der Waals surface area contributed by atoms with Crippen molar-refractivity contribution >= 4 is 19.4 Å². The Bertz CT molecular complexity index is 468. The van der Waals surface area contributed by atoms with Crippen LogP contribution < -0.4 is 10.4 Å². The summed E-state index contributed by atoms with van der Waals surface area (Å²) in [5.74, 6) is 0.893. The predicted molar refractivity (Wildman–Crippen MR) is 83.0 cm³/mol. The highest BCUT2D eigenvalue weighted by atomic mass is 28.3.